The Labute approximate surface area is 147 Å². The quantitative estimate of drug-likeness (QED) is 0.834. The molecular weight excluding hydrogens is 320 g/mol. The van der Waals surface area contributed by atoms with Crippen LogP contribution in [0.5, 0.6) is 11.5 Å². The van der Waals surface area contributed by atoms with Crippen LogP contribution in [-0.2, 0) is 17.8 Å². The SMILES string of the molecule is COc1cccc2c1OC[C@H](C(=O)N(C)Cc1cc(C(C)C)on1)C2. The highest BCUT2D eigenvalue weighted by Crippen LogP contribution is 2.36. The van der Waals surface area contributed by atoms with Crippen molar-refractivity contribution in [2.24, 2.45) is 5.92 Å². The summed E-state index contributed by atoms with van der Waals surface area (Å²) >= 11 is 0. The van der Waals surface area contributed by atoms with Crippen LogP contribution < -0.4 is 9.47 Å². The number of carbonyl (C=O) groups is 1. The number of hydrogen-bond acceptors (Lipinski definition) is 5. The van der Waals surface area contributed by atoms with Gasteiger partial charge in [0.2, 0.25) is 5.91 Å². The summed E-state index contributed by atoms with van der Waals surface area (Å²) in [4.78, 5) is 14.4. The lowest BCUT2D eigenvalue weighted by molar-refractivity contribution is -0.136. The third kappa shape index (κ3) is 3.62. The predicted molar refractivity (Wildman–Crippen MR) is 92.7 cm³/mol. The van der Waals surface area contributed by atoms with Gasteiger partial charge in [-0.3, -0.25) is 4.79 Å². The number of nitrogens with zero attached hydrogens (tertiary/aromatic N) is 2. The molecule has 2 heterocycles. The van der Waals surface area contributed by atoms with E-state index < -0.39 is 0 Å². The first-order chi connectivity index (χ1) is 12.0. The van der Waals surface area contributed by atoms with Crippen LogP contribution >= 0.6 is 0 Å². The summed E-state index contributed by atoms with van der Waals surface area (Å²) in [5, 5.41) is 4.05. The molecule has 1 aliphatic heterocycles. The Kier molecular flexibility index (Phi) is 4.97. The lowest BCUT2D eigenvalue weighted by atomic mass is 9.95. The van der Waals surface area contributed by atoms with Crippen molar-refractivity contribution in [3.8, 4) is 11.5 Å². The second-order valence-corrected chi connectivity index (χ2v) is 6.73. The molecule has 0 fully saturated rings. The zero-order chi connectivity index (χ0) is 18.0. The van der Waals surface area contributed by atoms with Crippen LogP contribution in [0.3, 0.4) is 0 Å². The predicted octanol–water partition coefficient (Wildman–Crippen LogP) is 3.02. The molecule has 6 heteroatoms. The minimum absolute atomic E-state index is 0.0440. The van der Waals surface area contributed by atoms with Crippen LogP contribution in [0.1, 0.15) is 36.8 Å². The Morgan fingerprint density at radius 1 is 1.44 bits per heavy atom. The number of aromatic nitrogens is 1. The highest BCUT2D eigenvalue weighted by atomic mass is 16.5. The topological polar surface area (TPSA) is 64.8 Å². The molecular formula is C19H24N2O4. The fourth-order valence-corrected chi connectivity index (χ4v) is 3.02. The van der Waals surface area contributed by atoms with Crippen molar-refractivity contribution in [1.29, 1.82) is 0 Å². The van der Waals surface area contributed by atoms with E-state index in [-0.39, 0.29) is 17.7 Å². The van der Waals surface area contributed by atoms with E-state index in [0.29, 0.717) is 25.3 Å². The zero-order valence-corrected chi connectivity index (χ0v) is 15.1. The summed E-state index contributed by atoms with van der Waals surface area (Å²) < 4.78 is 16.4. The highest BCUT2D eigenvalue weighted by molar-refractivity contribution is 5.79. The van der Waals surface area contributed by atoms with Gasteiger partial charge in [0, 0.05) is 19.0 Å². The molecule has 0 N–H and O–H groups in total. The van der Waals surface area contributed by atoms with Crippen LogP contribution in [-0.4, -0.2) is 36.7 Å². The van der Waals surface area contributed by atoms with Gasteiger partial charge >= 0.3 is 0 Å². The minimum atomic E-state index is -0.207. The maximum atomic E-state index is 12.8. The average molecular weight is 344 g/mol. The third-order valence-corrected chi connectivity index (χ3v) is 4.45. The van der Waals surface area contributed by atoms with E-state index in [4.69, 9.17) is 14.0 Å². The van der Waals surface area contributed by atoms with Gasteiger partial charge < -0.3 is 18.9 Å². The van der Waals surface area contributed by atoms with Gasteiger partial charge in [-0.05, 0) is 18.1 Å². The molecule has 1 aliphatic rings. The minimum Gasteiger partial charge on any atom is -0.493 e. The first-order valence-corrected chi connectivity index (χ1v) is 8.48. The molecule has 1 amide bonds. The number of carbonyl (C=O) groups excluding carboxylic acids is 1. The molecule has 0 unspecified atom stereocenters. The lowest BCUT2D eigenvalue weighted by Gasteiger charge is -2.28. The van der Waals surface area contributed by atoms with E-state index in [2.05, 4.69) is 5.16 Å². The van der Waals surface area contributed by atoms with Gasteiger partial charge in [0.05, 0.1) is 19.6 Å². The van der Waals surface area contributed by atoms with Gasteiger partial charge in [0.15, 0.2) is 11.5 Å². The number of fused-ring (bicyclic) bond motifs is 1. The fourth-order valence-electron chi connectivity index (χ4n) is 3.02. The molecule has 6 nitrogen and oxygen atoms in total. The van der Waals surface area contributed by atoms with Gasteiger partial charge in [-0.2, -0.15) is 0 Å². The standard InChI is InChI=1S/C19H24N2O4/c1-12(2)17-9-15(20-25-17)10-21(3)19(22)14-8-13-6-5-7-16(23-4)18(13)24-11-14/h5-7,9,12,14H,8,10-11H2,1-4H3/t14-/m1/s1. The molecule has 0 saturated heterocycles. The summed E-state index contributed by atoms with van der Waals surface area (Å²) in [6.45, 7) is 4.87. The summed E-state index contributed by atoms with van der Waals surface area (Å²) in [5.41, 5.74) is 1.76. The molecule has 1 atom stereocenters. The Bertz CT molecular complexity index is 754. The second-order valence-electron chi connectivity index (χ2n) is 6.73. The van der Waals surface area contributed by atoms with Gasteiger partial charge in [0.1, 0.15) is 18.1 Å². The first-order valence-electron chi connectivity index (χ1n) is 8.48. The van der Waals surface area contributed by atoms with Crippen molar-refractivity contribution in [2.45, 2.75) is 32.7 Å². The number of methoxy groups -OCH3 is 1. The third-order valence-electron chi connectivity index (χ3n) is 4.45. The zero-order valence-electron chi connectivity index (χ0n) is 15.1. The number of rotatable bonds is 5. The van der Waals surface area contributed by atoms with E-state index in [0.717, 1.165) is 22.8 Å². The average Bonchev–Trinajstić information content (AvgIpc) is 3.08. The van der Waals surface area contributed by atoms with Crippen molar-refractivity contribution < 1.29 is 18.8 Å². The molecule has 0 saturated carbocycles. The van der Waals surface area contributed by atoms with Crippen molar-refractivity contribution in [3.05, 3.63) is 41.3 Å². The maximum absolute atomic E-state index is 12.8. The summed E-state index contributed by atoms with van der Waals surface area (Å²) in [5.74, 6) is 2.40. The van der Waals surface area contributed by atoms with Crippen LogP contribution in [0, 0.1) is 5.92 Å². The molecule has 3 rings (SSSR count). The van der Waals surface area contributed by atoms with Crippen molar-refractivity contribution in [3.63, 3.8) is 0 Å². The smallest absolute Gasteiger partial charge is 0.229 e. The molecule has 0 radical (unpaired) electrons. The number of ether oxygens (including phenoxy) is 2. The lowest BCUT2D eigenvalue weighted by Crippen LogP contribution is -2.38. The maximum Gasteiger partial charge on any atom is 0.229 e. The van der Waals surface area contributed by atoms with Gasteiger partial charge in [-0.25, -0.2) is 0 Å². The molecule has 2 aromatic rings. The monoisotopic (exact) mass is 344 g/mol. The Morgan fingerprint density at radius 3 is 2.92 bits per heavy atom. The fraction of sp³-hybridized carbons (Fsp3) is 0.474. The van der Waals surface area contributed by atoms with Crippen molar-refractivity contribution in [2.75, 3.05) is 20.8 Å². The Hall–Kier alpha value is -2.50. The van der Waals surface area contributed by atoms with E-state index in [1.54, 1.807) is 19.1 Å². The highest BCUT2D eigenvalue weighted by Gasteiger charge is 2.30. The van der Waals surface area contributed by atoms with Gasteiger partial charge in [-0.15, -0.1) is 0 Å². The van der Waals surface area contributed by atoms with Gasteiger partial charge in [0.25, 0.3) is 0 Å². The van der Waals surface area contributed by atoms with Crippen molar-refractivity contribution in [1.82, 2.24) is 10.1 Å². The van der Waals surface area contributed by atoms with E-state index in [1.807, 2.05) is 38.1 Å². The molecule has 134 valence electrons. The van der Waals surface area contributed by atoms with E-state index in [1.165, 1.54) is 0 Å². The van der Waals surface area contributed by atoms with E-state index in [9.17, 15) is 4.79 Å². The van der Waals surface area contributed by atoms with Crippen molar-refractivity contribution >= 4 is 5.91 Å². The summed E-state index contributed by atoms with van der Waals surface area (Å²) in [6.07, 6.45) is 0.645. The number of para-hydroxylation sites is 1. The molecule has 1 aromatic carbocycles. The molecule has 0 spiro atoms. The van der Waals surface area contributed by atoms with Gasteiger partial charge in [-0.1, -0.05) is 31.1 Å². The van der Waals surface area contributed by atoms with Crippen LogP contribution in [0.25, 0.3) is 0 Å². The second kappa shape index (κ2) is 7.17. The number of hydrogen-bond donors (Lipinski definition) is 0. The molecule has 0 aliphatic carbocycles. The first kappa shape index (κ1) is 17.3. The molecule has 0 bridgehead atoms. The Morgan fingerprint density at radius 2 is 2.24 bits per heavy atom. The Balaban J connectivity index is 1.66. The molecule has 1 aromatic heterocycles. The van der Waals surface area contributed by atoms with Crippen LogP contribution in [0.2, 0.25) is 0 Å². The van der Waals surface area contributed by atoms with Crippen LogP contribution in [0.4, 0.5) is 0 Å². The number of benzene rings is 1. The van der Waals surface area contributed by atoms with E-state index >= 15 is 0 Å². The largest absolute Gasteiger partial charge is 0.493 e. The number of amides is 1. The summed E-state index contributed by atoms with van der Waals surface area (Å²) in [7, 11) is 3.40. The van der Waals surface area contributed by atoms with Crippen LogP contribution in [0.15, 0.2) is 28.8 Å². The normalized spacial score (nSPS) is 16.3. The summed E-state index contributed by atoms with van der Waals surface area (Å²) in [6, 6.07) is 7.67. The molecule has 25 heavy (non-hydrogen) atoms.